The third-order valence-corrected chi connectivity index (χ3v) is 1.88. The van der Waals surface area contributed by atoms with E-state index in [0.29, 0.717) is 11.6 Å². The van der Waals surface area contributed by atoms with Crippen LogP contribution in [0.2, 0.25) is 0 Å². The van der Waals surface area contributed by atoms with Crippen molar-refractivity contribution in [2.75, 3.05) is 0 Å². The molecule has 1 saturated carbocycles. The smallest absolute Gasteiger partial charge is 0.162 e. The van der Waals surface area contributed by atoms with Gasteiger partial charge in [0.1, 0.15) is 5.82 Å². The predicted molar refractivity (Wildman–Crippen MR) is 38.7 cm³/mol. The van der Waals surface area contributed by atoms with Crippen molar-refractivity contribution in [3.63, 3.8) is 0 Å². The summed E-state index contributed by atoms with van der Waals surface area (Å²) in [6.45, 7) is 1.67. The maximum Gasteiger partial charge on any atom is 0.162 e. The number of nitrogens with zero attached hydrogens (tertiary/aromatic N) is 2. The van der Waals surface area contributed by atoms with Gasteiger partial charge < -0.3 is 0 Å². The molecule has 0 amide bonds. The van der Waals surface area contributed by atoms with E-state index in [0.717, 1.165) is 18.7 Å². The average molecular weight is 152 g/mol. The molecule has 0 unspecified atom stereocenters. The third-order valence-electron chi connectivity index (χ3n) is 1.88. The van der Waals surface area contributed by atoms with E-state index < -0.39 is 0 Å². The van der Waals surface area contributed by atoms with Crippen molar-refractivity contribution in [2.45, 2.75) is 25.7 Å². The number of rotatable bonds is 1. The molecule has 1 aromatic heterocycles. The van der Waals surface area contributed by atoms with Crippen LogP contribution >= 0.6 is 0 Å². The molecule has 1 aromatic rings. The van der Waals surface area contributed by atoms with Gasteiger partial charge in [0.05, 0.1) is 11.9 Å². The van der Waals surface area contributed by atoms with E-state index in [4.69, 9.17) is 0 Å². The van der Waals surface area contributed by atoms with E-state index in [1.165, 1.54) is 6.20 Å². The molecule has 2 rings (SSSR count). The van der Waals surface area contributed by atoms with Gasteiger partial charge in [-0.1, -0.05) is 0 Å². The molecule has 0 atom stereocenters. The highest BCUT2D eigenvalue weighted by atomic mass is 19.1. The number of hydrogen-bond acceptors (Lipinski definition) is 2. The maximum absolute atomic E-state index is 12.7. The van der Waals surface area contributed by atoms with Crippen LogP contribution in [0, 0.1) is 12.7 Å². The fourth-order valence-electron chi connectivity index (χ4n) is 1.01. The van der Waals surface area contributed by atoms with Gasteiger partial charge in [-0.3, -0.25) is 0 Å². The lowest BCUT2D eigenvalue weighted by atomic mass is 10.3. The molecule has 0 aromatic carbocycles. The molecule has 0 saturated heterocycles. The molecule has 0 N–H and O–H groups in total. The van der Waals surface area contributed by atoms with E-state index in [2.05, 4.69) is 9.97 Å². The van der Waals surface area contributed by atoms with Gasteiger partial charge in [-0.15, -0.1) is 0 Å². The second kappa shape index (κ2) is 2.26. The Morgan fingerprint density at radius 2 is 2.27 bits per heavy atom. The summed E-state index contributed by atoms with van der Waals surface area (Å²) < 4.78 is 12.7. The Kier molecular flexibility index (Phi) is 1.37. The minimum Gasteiger partial charge on any atom is -0.238 e. The third kappa shape index (κ3) is 1.23. The van der Waals surface area contributed by atoms with Crippen LogP contribution in [0.25, 0.3) is 0 Å². The molecule has 1 heterocycles. The summed E-state index contributed by atoms with van der Waals surface area (Å²) >= 11 is 0. The molecule has 11 heavy (non-hydrogen) atoms. The molecule has 0 aliphatic heterocycles. The quantitative estimate of drug-likeness (QED) is 0.613. The minimum absolute atomic E-state index is 0.311. The van der Waals surface area contributed by atoms with E-state index in [-0.39, 0.29) is 5.82 Å². The van der Waals surface area contributed by atoms with Gasteiger partial charge in [0.2, 0.25) is 0 Å². The molecule has 0 radical (unpaired) electrons. The van der Waals surface area contributed by atoms with Crippen molar-refractivity contribution in [2.24, 2.45) is 0 Å². The molecular formula is C8H9FN2. The van der Waals surface area contributed by atoms with E-state index in [1.54, 1.807) is 6.92 Å². The Morgan fingerprint density at radius 1 is 1.55 bits per heavy atom. The Balaban J connectivity index is 2.36. The van der Waals surface area contributed by atoms with Crippen LogP contribution in [-0.2, 0) is 0 Å². The largest absolute Gasteiger partial charge is 0.238 e. The molecule has 1 fully saturated rings. The van der Waals surface area contributed by atoms with Crippen LogP contribution in [0.3, 0.4) is 0 Å². The topological polar surface area (TPSA) is 25.8 Å². The summed E-state index contributed by atoms with van der Waals surface area (Å²) in [5.74, 6) is 1.01. The monoisotopic (exact) mass is 152 g/mol. The summed E-state index contributed by atoms with van der Waals surface area (Å²) in [4.78, 5) is 7.96. The SMILES string of the molecule is Cc1nc(C2CC2)ncc1F. The van der Waals surface area contributed by atoms with Crippen molar-refractivity contribution < 1.29 is 4.39 Å². The van der Waals surface area contributed by atoms with Crippen molar-refractivity contribution in [3.8, 4) is 0 Å². The Labute approximate surface area is 64.5 Å². The van der Waals surface area contributed by atoms with Gasteiger partial charge in [-0.05, 0) is 19.8 Å². The highest BCUT2D eigenvalue weighted by Gasteiger charge is 2.26. The van der Waals surface area contributed by atoms with Gasteiger partial charge in [0.15, 0.2) is 5.82 Å². The van der Waals surface area contributed by atoms with Crippen molar-refractivity contribution in [1.29, 1.82) is 0 Å². The zero-order valence-electron chi connectivity index (χ0n) is 6.34. The lowest BCUT2D eigenvalue weighted by Crippen LogP contribution is -1.96. The van der Waals surface area contributed by atoms with Crippen LogP contribution in [0.15, 0.2) is 6.20 Å². The molecular weight excluding hydrogens is 143 g/mol. The normalized spacial score (nSPS) is 16.9. The summed E-state index contributed by atoms with van der Waals surface area (Å²) in [7, 11) is 0. The van der Waals surface area contributed by atoms with Gasteiger partial charge in [-0.25, -0.2) is 14.4 Å². The molecule has 1 aliphatic carbocycles. The highest BCUT2D eigenvalue weighted by Crippen LogP contribution is 2.37. The zero-order valence-corrected chi connectivity index (χ0v) is 6.34. The summed E-state index contributed by atoms with van der Waals surface area (Å²) in [6.07, 6.45) is 3.58. The molecule has 3 heteroatoms. The van der Waals surface area contributed by atoms with Crippen LogP contribution in [0.4, 0.5) is 4.39 Å². The second-order valence-corrected chi connectivity index (χ2v) is 2.94. The predicted octanol–water partition coefficient (Wildman–Crippen LogP) is 1.80. The fraction of sp³-hybridized carbons (Fsp3) is 0.500. The number of aromatic nitrogens is 2. The van der Waals surface area contributed by atoms with Crippen LogP contribution < -0.4 is 0 Å². The van der Waals surface area contributed by atoms with E-state index in [1.807, 2.05) is 0 Å². The summed E-state index contributed by atoms with van der Waals surface area (Å²) in [6, 6.07) is 0. The average Bonchev–Trinajstić information content (AvgIpc) is 2.77. The summed E-state index contributed by atoms with van der Waals surface area (Å²) in [5.41, 5.74) is 0.460. The minimum atomic E-state index is -0.311. The van der Waals surface area contributed by atoms with E-state index in [9.17, 15) is 4.39 Å². The molecule has 2 nitrogen and oxygen atoms in total. The first-order valence-corrected chi connectivity index (χ1v) is 3.76. The molecule has 0 bridgehead atoms. The summed E-state index contributed by atoms with van der Waals surface area (Å²) in [5, 5.41) is 0. The molecule has 58 valence electrons. The van der Waals surface area contributed by atoms with Crippen molar-refractivity contribution in [1.82, 2.24) is 9.97 Å². The molecule has 0 spiro atoms. The Morgan fingerprint density at radius 3 is 2.82 bits per heavy atom. The van der Waals surface area contributed by atoms with Gasteiger partial charge in [0, 0.05) is 5.92 Å². The second-order valence-electron chi connectivity index (χ2n) is 2.94. The molecule has 1 aliphatic rings. The standard InChI is InChI=1S/C8H9FN2/c1-5-7(9)4-10-8(11-5)6-2-3-6/h4,6H,2-3H2,1H3. The van der Waals surface area contributed by atoms with Crippen LogP contribution in [0.1, 0.15) is 30.3 Å². The maximum atomic E-state index is 12.7. The van der Waals surface area contributed by atoms with Crippen LogP contribution in [0.5, 0.6) is 0 Å². The van der Waals surface area contributed by atoms with Crippen LogP contribution in [-0.4, -0.2) is 9.97 Å². The fourth-order valence-corrected chi connectivity index (χ4v) is 1.01. The number of hydrogen-bond donors (Lipinski definition) is 0. The van der Waals surface area contributed by atoms with Gasteiger partial charge in [0.25, 0.3) is 0 Å². The Bertz CT molecular complexity index is 281. The van der Waals surface area contributed by atoms with Gasteiger partial charge >= 0.3 is 0 Å². The van der Waals surface area contributed by atoms with Gasteiger partial charge in [-0.2, -0.15) is 0 Å². The first kappa shape index (κ1) is 6.70. The first-order valence-electron chi connectivity index (χ1n) is 3.76. The number of halogens is 1. The Hall–Kier alpha value is -0.990. The lowest BCUT2D eigenvalue weighted by molar-refractivity contribution is 0.596. The lowest BCUT2D eigenvalue weighted by Gasteiger charge is -1.97. The van der Waals surface area contributed by atoms with E-state index >= 15 is 0 Å². The number of aryl methyl sites for hydroxylation is 1. The van der Waals surface area contributed by atoms with Crippen molar-refractivity contribution in [3.05, 3.63) is 23.5 Å². The highest BCUT2D eigenvalue weighted by molar-refractivity contribution is 5.10. The zero-order chi connectivity index (χ0) is 7.84. The van der Waals surface area contributed by atoms with Crippen molar-refractivity contribution >= 4 is 0 Å². The first-order chi connectivity index (χ1) is 5.27.